The van der Waals surface area contributed by atoms with Crippen molar-refractivity contribution in [3.05, 3.63) is 256 Å². The minimum atomic E-state index is -0.142. The highest BCUT2D eigenvalue weighted by atomic mass is 15.2. The lowest BCUT2D eigenvalue weighted by Gasteiger charge is -2.34. The summed E-state index contributed by atoms with van der Waals surface area (Å²) in [4.78, 5) is 4.97. The van der Waals surface area contributed by atoms with Crippen molar-refractivity contribution in [2.45, 2.75) is 63.8 Å². The lowest BCUT2D eigenvalue weighted by molar-refractivity contribution is 0.652. The van der Waals surface area contributed by atoms with Gasteiger partial charge in [0.2, 0.25) is 0 Å². The molecule has 338 valence electrons. The van der Waals surface area contributed by atoms with Crippen LogP contribution in [0.15, 0.2) is 218 Å². The zero-order valence-corrected chi connectivity index (χ0v) is 40.5. The number of hydrogen-bond donors (Lipinski definition) is 0. The molecule has 2 heteroatoms. The highest BCUT2D eigenvalue weighted by molar-refractivity contribution is 6.07. The third kappa shape index (κ3) is 6.61. The fraction of sp³-hybridized carbons (Fsp3) is 0.147. The average molecular weight is 901 g/mol. The van der Waals surface area contributed by atoms with Crippen molar-refractivity contribution in [2.75, 3.05) is 9.80 Å². The molecule has 0 saturated carbocycles. The van der Waals surface area contributed by atoms with Crippen LogP contribution in [0.2, 0.25) is 0 Å². The van der Waals surface area contributed by atoms with Crippen molar-refractivity contribution in [2.24, 2.45) is 0 Å². The van der Waals surface area contributed by atoms with Gasteiger partial charge in [0.05, 0.1) is 6.04 Å². The average Bonchev–Trinajstić information content (AvgIpc) is 3.78. The van der Waals surface area contributed by atoms with Crippen LogP contribution in [-0.4, -0.2) is 6.04 Å². The Labute approximate surface area is 412 Å². The van der Waals surface area contributed by atoms with Crippen molar-refractivity contribution in [1.29, 1.82) is 0 Å². The number of anilines is 5. The first-order valence-electron chi connectivity index (χ1n) is 25.2. The van der Waals surface area contributed by atoms with E-state index in [4.69, 9.17) is 0 Å². The van der Waals surface area contributed by atoms with Gasteiger partial charge in [0.1, 0.15) is 0 Å². The van der Waals surface area contributed by atoms with Crippen LogP contribution >= 0.6 is 0 Å². The highest BCUT2D eigenvalue weighted by Crippen LogP contribution is 2.53. The van der Waals surface area contributed by atoms with Gasteiger partial charge in [0.25, 0.3) is 0 Å². The SMILES string of the molecule is CC1(C)C2=C(CCC(c3c4c(c(-c5ccc6c(c5)C(C)(C)c5ccccc5-6)c5ccc(N(c6ccccc6)c6ccccc6)cc35)=CC(N(c3ccccc3)c3ccccc3)CC=4)=C2)c2ccccc21. The smallest absolute Gasteiger partial charge is 0.0566 e. The molecule has 2 nitrogen and oxygen atoms in total. The highest BCUT2D eigenvalue weighted by Gasteiger charge is 2.39. The topological polar surface area (TPSA) is 6.48 Å². The maximum atomic E-state index is 2.62. The molecule has 0 N–H and O–H groups in total. The quantitative estimate of drug-likeness (QED) is 0.150. The van der Waals surface area contributed by atoms with Gasteiger partial charge in [-0.15, -0.1) is 0 Å². The standard InChI is InChI=1S/C68H56N2/c1-67(2)61-31-19-17-29-53(61)55-37-33-45(41-63(55)67)65-57-39-35-52(70(49-25-13-7-14-26-49)50-27-15-8-16-28-50)44-60(57)66(46-34-38-56-54-30-18-20-32-62(54)68(3,4)64(56)42-46)58-40-36-51(43-59(58)65)69(47-21-9-5-10-22-47)48-23-11-6-12-24-48/h5-33,35,37,39-44,51H,34,36,38H2,1-4H3. The van der Waals surface area contributed by atoms with Gasteiger partial charge < -0.3 is 9.80 Å². The Morgan fingerprint density at radius 3 is 1.63 bits per heavy atom. The van der Waals surface area contributed by atoms with Gasteiger partial charge in [-0.05, 0) is 174 Å². The van der Waals surface area contributed by atoms with Crippen LogP contribution in [0.1, 0.15) is 74.8 Å². The molecule has 4 aliphatic rings. The number of fused-ring (bicyclic) bond motifs is 7. The number of rotatable bonds is 8. The van der Waals surface area contributed by atoms with E-state index in [1.165, 1.54) is 99.4 Å². The van der Waals surface area contributed by atoms with Crippen molar-refractivity contribution in [1.82, 2.24) is 0 Å². The Hall–Kier alpha value is -7.94. The van der Waals surface area contributed by atoms with Gasteiger partial charge in [0, 0.05) is 39.3 Å². The number of benzene rings is 9. The molecule has 1 atom stereocenters. The summed E-state index contributed by atoms with van der Waals surface area (Å²) >= 11 is 0. The van der Waals surface area contributed by atoms with Crippen LogP contribution < -0.4 is 20.2 Å². The number of nitrogens with zero attached hydrogens (tertiary/aromatic N) is 2. The lowest BCUT2D eigenvalue weighted by atomic mass is 9.76. The van der Waals surface area contributed by atoms with Crippen LogP contribution in [0.25, 0.3) is 56.3 Å². The molecule has 0 amide bonds. The molecule has 0 radical (unpaired) electrons. The second-order valence-electron chi connectivity index (χ2n) is 20.7. The molecule has 0 fully saturated rings. The first-order chi connectivity index (χ1) is 34.3. The van der Waals surface area contributed by atoms with Crippen LogP contribution in [0.4, 0.5) is 28.4 Å². The molecule has 0 aliphatic heterocycles. The largest absolute Gasteiger partial charge is 0.334 e. The van der Waals surface area contributed by atoms with E-state index < -0.39 is 0 Å². The molecular formula is C68H56N2. The van der Waals surface area contributed by atoms with Crippen LogP contribution in [0.3, 0.4) is 0 Å². The molecule has 0 bridgehead atoms. The molecule has 0 spiro atoms. The monoisotopic (exact) mass is 900 g/mol. The normalized spacial score (nSPS) is 16.7. The number of hydrogen-bond acceptors (Lipinski definition) is 2. The Balaban J connectivity index is 1.13. The van der Waals surface area contributed by atoms with E-state index in [1.807, 2.05) is 0 Å². The zero-order valence-electron chi connectivity index (χ0n) is 40.5. The maximum Gasteiger partial charge on any atom is 0.0566 e. The van der Waals surface area contributed by atoms with E-state index in [2.05, 4.69) is 262 Å². The summed E-state index contributed by atoms with van der Waals surface area (Å²) in [5, 5.41) is 5.22. The van der Waals surface area contributed by atoms with E-state index in [1.54, 1.807) is 0 Å². The second kappa shape index (κ2) is 16.4. The van der Waals surface area contributed by atoms with Gasteiger partial charge in [0.15, 0.2) is 0 Å². The molecular weight excluding hydrogens is 845 g/mol. The summed E-state index contributed by atoms with van der Waals surface area (Å²) in [5.74, 6) is 0. The molecule has 0 aromatic heterocycles. The molecule has 9 aromatic rings. The minimum absolute atomic E-state index is 0.0697. The predicted molar refractivity (Wildman–Crippen MR) is 297 cm³/mol. The summed E-state index contributed by atoms with van der Waals surface area (Å²) in [6.45, 7) is 9.67. The summed E-state index contributed by atoms with van der Waals surface area (Å²) < 4.78 is 0. The Kier molecular flexibility index (Phi) is 9.85. The van der Waals surface area contributed by atoms with Gasteiger partial charge in [-0.25, -0.2) is 0 Å². The van der Waals surface area contributed by atoms with E-state index in [0.29, 0.717) is 0 Å². The first kappa shape index (κ1) is 42.2. The van der Waals surface area contributed by atoms with Crippen molar-refractivity contribution >= 4 is 62.5 Å². The van der Waals surface area contributed by atoms with Crippen molar-refractivity contribution in [3.63, 3.8) is 0 Å². The van der Waals surface area contributed by atoms with Crippen LogP contribution in [-0.2, 0) is 10.8 Å². The summed E-state index contributed by atoms with van der Waals surface area (Å²) in [6.07, 6.45) is 10.7. The fourth-order valence-corrected chi connectivity index (χ4v) is 12.7. The molecule has 13 rings (SSSR count). The molecule has 1 unspecified atom stereocenters. The summed E-state index contributed by atoms with van der Waals surface area (Å²) in [6, 6.07) is 76.6. The van der Waals surface area contributed by atoms with Crippen LogP contribution in [0.5, 0.6) is 0 Å². The predicted octanol–water partition coefficient (Wildman–Crippen LogP) is 16.4. The van der Waals surface area contributed by atoms with E-state index in [-0.39, 0.29) is 16.9 Å². The van der Waals surface area contributed by atoms with Gasteiger partial charge in [-0.2, -0.15) is 0 Å². The zero-order chi connectivity index (χ0) is 47.1. The van der Waals surface area contributed by atoms with Crippen molar-refractivity contribution < 1.29 is 0 Å². The van der Waals surface area contributed by atoms with Crippen molar-refractivity contribution in [3.8, 4) is 22.3 Å². The Bertz CT molecular complexity index is 3650. The molecule has 70 heavy (non-hydrogen) atoms. The maximum absolute atomic E-state index is 2.62. The summed E-state index contributed by atoms with van der Waals surface area (Å²) in [7, 11) is 0. The Morgan fingerprint density at radius 1 is 0.429 bits per heavy atom. The lowest BCUT2D eigenvalue weighted by Crippen LogP contribution is -2.41. The molecule has 9 aromatic carbocycles. The van der Waals surface area contributed by atoms with E-state index in [0.717, 1.165) is 36.3 Å². The fourth-order valence-electron chi connectivity index (χ4n) is 12.7. The van der Waals surface area contributed by atoms with Gasteiger partial charge in [-0.1, -0.05) is 185 Å². The van der Waals surface area contributed by atoms with E-state index >= 15 is 0 Å². The third-order valence-electron chi connectivity index (χ3n) is 16.1. The first-order valence-corrected chi connectivity index (χ1v) is 25.2. The number of para-hydroxylation sites is 4. The minimum Gasteiger partial charge on any atom is -0.334 e. The van der Waals surface area contributed by atoms with Gasteiger partial charge in [-0.3, -0.25) is 0 Å². The molecule has 0 saturated heterocycles. The Morgan fingerprint density at radius 2 is 0.986 bits per heavy atom. The van der Waals surface area contributed by atoms with Gasteiger partial charge >= 0.3 is 0 Å². The second-order valence-corrected chi connectivity index (χ2v) is 20.7. The molecule has 0 heterocycles. The van der Waals surface area contributed by atoms with E-state index in [9.17, 15) is 0 Å². The third-order valence-corrected chi connectivity index (χ3v) is 16.1. The summed E-state index contributed by atoms with van der Waals surface area (Å²) in [5.41, 5.74) is 22.2. The number of allylic oxidation sites excluding steroid dienone is 4. The van der Waals surface area contributed by atoms with Crippen LogP contribution in [0, 0.1) is 0 Å². The molecule has 4 aliphatic carbocycles.